The fourth-order valence-corrected chi connectivity index (χ4v) is 5.50. The van der Waals surface area contributed by atoms with Crippen LogP contribution in [0.1, 0.15) is 5.56 Å². The number of aromatic nitrogens is 5. The lowest BCUT2D eigenvalue weighted by Crippen LogP contribution is -2.56. The Balaban J connectivity index is 1.14. The molecule has 12 nitrogen and oxygen atoms in total. The number of benzene rings is 1. The van der Waals surface area contributed by atoms with Crippen molar-refractivity contribution in [2.24, 2.45) is 0 Å². The number of fused-ring (bicyclic) bond motifs is 6. The van der Waals surface area contributed by atoms with Gasteiger partial charge in [0.2, 0.25) is 5.91 Å². The molecule has 0 aliphatic carbocycles. The molecule has 44 heavy (non-hydrogen) atoms. The van der Waals surface area contributed by atoms with Crippen LogP contribution in [0.3, 0.4) is 0 Å². The summed E-state index contributed by atoms with van der Waals surface area (Å²) in [6.07, 6.45) is 10.2. The first-order valence-corrected chi connectivity index (χ1v) is 14.3. The van der Waals surface area contributed by atoms with Crippen molar-refractivity contribution in [1.29, 1.82) is 0 Å². The summed E-state index contributed by atoms with van der Waals surface area (Å²) in [6.45, 7) is 4.52. The van der Waals surface area contributed by atoms with E-state index < -0.39 is 5.82 Å². The van der Waals surface area contributed by atoms with E-state index >= 15 is 4.39 Å². The minimum atomic E-state index is -0.509. The molecule has 0 saturated carbocycles. The highest BCUT2D eigenvalue weighted by atomic mass is 19.1. The van der Waals surface area contributed by atoms with Gasteiger partial charge in [-0.05, 0) is 31.7 Å². The summed E-state index contributed by atoms with van der Waals surface area (Å²) in [5, 5.41) is 6.11. The van der Waals surface area contributed by atoms with Crippen LogP contribution in [0.2, 0.25) is 0 Å². The van der Waals surface area contributed by atoms with Gasteiger partial charge >= 0.3 is 0 Å². The fourth-order valence-electron chi connectivity index (χ4n) is 5.50. The molecule has 2 aliphatic rings. The van der Waals surface area contributed by atoms with Gasteiger partial charge in [0.05, 0.1) is 17.2 Å². The summed E-state index contributed by atoms with van der Waals surface area (Å²) >= 11 is 0. The molecule has 4 aromatic heterocycles. The maximum atomic E-state index is 15.4. The predicted octanol–water partition coefficient (Wildman–Crippen LogP) is 3.84. The highest BCUT2D eigenvalue weighted by molar-refractivity contribution is 5.91. The third-order valence-electron chi connectivity index (χ3n) is 7.75. The van der Waals surface area contributed by atoms with E-state index in [0.29, 0.717) is 72.7 Å². The summed E-state index contributed by atoms with van der Waals surface area (Å²) < 4.78 is 29.4. The zero-order valence-electron chi connectivity index (χ0n) is 24.2. The van der Waals surface area contributed by atoms with E-state index in [4.69, 9.17) is 14.5 Å². The Hall–Kier alpha value is -5.30. The number of carbonyl (C=O) groups is 1. The standard InChI is InChI=1S/C31H30FN9O3/c1-19-12-23(22(32)14-25(19)44-21-5-8-39-9-7-34-27(39)13-21)37-30-29-24(35-18-36-30)15-26-31(38-29)40-10-11-41(20(16-40)17-43-26)28(42)4-3-6-33-2/h3-5,7-9,12-15,18,20,33H,6,10-11,16-17H2,1-2H3,(H,35,36,37)/b4-3+. The van der Waals surface area contributed by atoms with Crippen LogP contribution in [0, 0.1) is 12.7 Å². The van der Waals surface area contributed by atoms with Gasteiger partial charge in [0, 0.05) is 69.0 Å². The summed E-state index contributed by atoms with van der Waals surface area (Å²) in [7, 11) is 1.83. The van der Waals surface area contributed by atoms with E-state index in [-0.39, 0.29) is 17.6 Å². The van der Waals surface area contributed by atoms with Crippen molar-refractivity contribution in [2.45, 2.75) is 13.0 Å². The number of nitrogens with one attached hydrogen (secondary N) is 2. The van der Waals surface area contributed by atoms with Gasteiger partial charge in [-0.1, -0.05) is 6.08 Å². The minimum absolute atomic E-state index is 0.0391. The van der Waals surface area contributed by atoms with Crippen molar-refractivity contribution in [3.05, 3.63) is 78.8 Å². The number of ether oxygens (including phenoxy) is 2. The number of halogens is 1. The number of piperazine rings is 1. The highest BCUT2D eigenvalue weighted by Gasteiger charge is 2.35. The van der Waals surface area contributed by atoms with E-state index in [2.05, 4.69) is 30.5 Å². The van der Waals surface area contributed by atoms with Gasteiger partial charge in [-0.25, -0.2) is 24.3 Å². The Morgan fingerprint density at radius 3 is 2.98 bits per heavy atom. The molecule has 2 aliphatic heterocycles. The molecule has 7 rings (SSSR count). The van der Waals surface area contributed by atoms with Gasteiger partial charge in [-0.2, -0.15) is 0 Å². The Morgan fingerprint density at radius 2 is 2.09 bits per heavy atom. The van der Waals surface area contributed by atoms with Crippen LogP contribution >= 0.6 is 0 Å². The molecule has 0 spiro atoms. The van der Waals surface area contributed by atoms with Gasteiger partial charge in [-0.15, -0.1) is 0 Å². The SMILES string of the molecule is CNC/C=C/C(=O)N1CCN2CC1COc1cc3ncnc(Nc4cc(C)c(Oc5ccn6ccnc6c5)cc4F)c3nc12. The third kappa shape index (κ3) is 5.22. The van der Waals surface area contributed by atoms with E-state index in [1.165, 1.54) is 12.4 Å². The smallest absolute Gasteiger partial charge is 0.246 e. The molecule has 2 bridgehead atoms. The van der Waals surface area contributed by atoms with Gasteiger partial charge < -0.3 is 34.3 Å². The van der Waals surface area contributed by atoms with Crippen LogP contribution < -0.4 is 25.0 Å². The van der Waals surface area contributed by atoms with Crippen molar-refractivity contribution >= 4 is 39.9 Å². The Kier molecular flexibility index (Phi) is 7.14. The Morgan fingerprint density at radius 1 is 1.18 bits per heavy atom. The van der Waals surface area contributed by atoms with Crippen LogP contribution in [-0.4, -0.2) is 81.0 Å². The van der Waals surface area contributed by atoms with Gasteiger partial charge in [0.15, 0.2) is 17.4 Å². The first-order valence-electron chi connectivity index (χ1n) is 14.3. The average molecular weight is 596 g/mol. The van der Waals surface area contributed by atoms with Crippen molar-refractivity contribution in [2.75, 3.05) is 50.1 Å². The predicted molar refractivity (Wildman–Crippen MR) is 163 cm³/mol. The van der Waals surface area contributed by atoms with Crippen LogP contribution in [0.25, 0.3) is 16.7 Å². The van der Waals surface area contributed by atoms with Gasteiger partial charge in [0.25, 0.3) is 0 Å². The number of nitrogens with zero attached hydrogens (tertiary/aromatic N) is 7. The number of aryl methyl sites for hydroxylation is 1. The lowest BCUT2D eigenvalue weighted by atomic mass is 10.1. The Labute approximate surface area is 252 Å². The number of imidazole rings is 1. The number of likely N-dealkylation sites (N-methyl/N-ethyl adjacent to an activating group) is 1. The zero-order chi connectivity index (χ0) is 30.2. The molecule has 1 atom stereocenters. The van der Waals surface area contributed by atoms with Gasteiger partial charge in [-0.3, -0.25) is 4.79 Å². The molecule has 224 valence electrons. The van der Waals surface area contributed by atoms with E-state index in [0.717, 1.165) is 11.2 Å². The molecule has 1 unspecified atom stereocenters. The fraction of sp³-hybridized carbons (Fsp3) is 0.258. The normalized spacial score (nSPS) is 16.2. The molecule has 6 heterocycles. The maximum absolute atomic E-state index is 15.4. The zero-order valence-corrected chi connectivity index (χ0v) is 24.2. The first-order chi connectivity index (χ1) is 21.5. The number of carbonyl (C=O) groups excluding carboxylic acids is 1. The second-order valence-corrected chi connectivity index (χ2v) is 10.7. The molecule has 1 fully saturated rings. The van der Waals surface area contributed by atoms with Crippen LogP contribution in [-0.2, 0) is 4.79 Å². The van der Waals surface area contributed by atoms with E-state index in [9.17, 15) is 4.79 Å². The summed E-state index contributed by atoms with van der Waals surface area (Å²) in [5.74, 6) is 1.99. The Bertz CT molecular complexity index is 1910. The summed E-state index contributed by atoms with van der Waals surface area (Å²) in [6, 6.07) is 8.29. The van der Waals surface area contributed by atoms with Crippen molar-refractivity contribution in [3.63, 3.8) is 0 Å². The molecule has 1 saturated heterocycles. The quantitative estimate of drug-likeness (QED) is 0.269. The van der Waals surface area contributed by atoms with E-state index in [1.807, 2.05) is 47.8 Å². The summed E-state index contributed by atoms with van der Waals surface area (Å²) in [5.41, 5.74) is 2.71. The number of amides is 1. The molecule has 13 heteroatoms. The van der Waals surface area contributed by atoms with Gasteiger partial charge in [0.1, 0.15) is 41.4 Å². The molecule has 1 amide bonds. The monoisotopic (exact) mass is 595 g/mol. The van der Waals surface area contributed by atoms with Crippen molar-refractivity contribution < 1.29 is 18.7 Å². The number of hydrogen-bond donors (Lipinski definition) is 2. The number of anilines is 3. The topological polar surface area (TPSA) is 122 Å². The van der Waals surface area contributed by atoms with Crippen LogP contribution in [0.5, 0.6) is 17.2 Å². The summed E-state index contributed by atoms with van der Waals surface area (Å²) in [4.78, 5) is 34.7. The molecular formula is C31H30FN9O3. The minimum Gasteiger partial charge on any atom is -0.487 e. The van der Waals surface area contributed by atoms with E-state index in [1.54, 1.807) is 30.5 Å². The average Bonchev–Trinajstić information content (AvgIpc) is 3.45. The molecule has 1 aromatic carbocycles. The number of hydrogen-bond acceptors (Lipinski definition) is 10. The molecule has 5 aromatic rings. The maximum Gasteiger partial charge on any atom is 0.246 e. The highest BCUT2D eigenvalue weighted by Crippen LogP contribution is 2.37. The number of pyridine rings is 2. The second-order valence-electron chi connectivity index (χ2n) is 10.7. The molecular weight excluding hydrogens is 565 g/mol. The lowest BCUT2D eigenvalue weighted by Gasteiger charge is -2.39. The first kappa shape index (κ1) is 27.5. The lowest BCUT2D eigenvalue weighted by molar-refractivity contribution is -0.129. The largest absolute Gasteiger partial charge is 0.487 e. The third-order valence-corrected chi connectivity index (χ3v) is 7.75. The molecule has 2 N–H and O–H groups in total. The van der Waals surface area contributed by atoms with Crippen LogP contribution in [0.4, 0.5) is 21.7 Å². The number of rotatable bonds is 7. The van der Waals surface area contributed by atoms with Crippen LogP contribution in [0.15, 0.2) is 67.4 Å². The molecule has 0 radical (unpaired) electrons. The van der Waals surface area contributed by atoms with Crippen molar-refractivity contribution in [1.82, 2.24) is 34.6 Å². The van der Waals surface area contributed by atoms with Crippen molar-refractivity contribution in [3.8, 4) is 17.2 Å². The second kappa shape index (κ2) is 11.4.